The molecule has 9 nitrogen and oxygen atoms in total. The molecule has 1 fully saturated rings. The van der Waals surface area contributed by atoms with Crippen LogP contribution in [0.1, 0.15) is 29.2 Å². The number of rotatable bonds is 8. The molecule has 0 aromatic heterocycles. The highest BCUT2D eigenvalue weighted by atomic mass is 16.6. The summed E-state index contributed by atoms with van der Waals surface area (Å²) in [6.07, 6.45) is 0.481. The van der Waals surface area contributed by atoms with Gasteiger partial charge >= 0.3 is 0 Å². The molecule has 1 N–H and O–H groups in total. The number of methoxy groups -OCH3 is 2. The van der Waals surface area contributed by atoms with Gasteiger partial charge in [0, 0.05) is 38.0 Å². The Kier molecular flexibility index (Phi) is 6.89. The minimum atomic E-state index is -0.880. The van der Waals surface area contributed by atoms with Crippen LogP contribution in [0, 0.1) is 17.0 Å². The molecule has 1 aliphatic heterocycles. The van der Waals surface area contributed by atoms with Gasteiger partial charge in [0.25, 0.3) is 17.4 Å². The van der Waals surface area contributed by atoms with Crippen LogP contribution in [-0.4, -0.2) is 54.0 Å². The summed E-state index contributed by atoms with van der Waals surface area (Å²) in [5.41, 5.74) is 1.42. The molecule has 32 heavy (non-hydrogen) atoms. The van der Waals surface area contributed by atoms with E-state index in [0.29, 0.717) is 29.9 Å². The Morgan fingerprint density at radius 1 is 1.16 bits per heavy atom. The van der Waals surface area contributed by atoms with Gasteiger partial charge in [-0.15, -0.1) is 0 Å². The van der Waals surface area contributed by atoms with Crippen LogP contribution in [0.2, 0.25) is 0 Å². The van der Waals surface area contributed by atoms with Gasteiger partial charge in [-0.05, 0) is 54.8 Å². The lowest BCUT2D eigenvalue weighted by Crippen LogP contribution is -2.31. The normalized spacial score (nSPS) is 17.6. The molecule has 0 spiro atoms. The van der Waals surface area contributed by atoms with Gasteiger partial charge in [0.15, 0.2) is 0 Å². The first kappa shape index (κ1) is 23.0. The zero-order valence-corrected chi connectivity index (χ0v) is 18.0. The number of nitrogens with zero attached hydrogens (tertiary/aromatic N) is 2. The molecule has 1 amide bonds. The van der Waals surface area contributed by atoms with Crippen LogP contribution in [0.4, 0.5) is 5.69 Å². The number of nitro groups is 1. The minimum absolute atomic E-state index is 0.0640. The van der Waals surface area contributed by atoms with Crippen molar-refractivity contribution in [3.05, 3.63) is 74.8 Å². The predicted molar refractivity (Wildman–Crippen MR) is 116 cm³/mol. The highest BCUT2D eigenvalue weighted by molar-refractivity contribution is 6.46. The molecule has 0 unspecified atom stereocenters. The number of likely N-dealkylation sites (tertiary alicyclic amines) is 1. The number of aliphatic hydroxyl groups excluding tert-OH is 1. The van der Waals surface area contributed by atoms with Crippen LogP contribution in [0.15, 0.2) is 48.0 Å². The van der Waals surface area contributed by atoms with Crippen molar-refractivity contribution in [1.82, 2.24) is 4.90 Å². The van der Waals surface area contributed by atoms with E-state index in [4.69, 9.17) is 9.47 Å². The number of ether oxygens (including phenoxy) is 2. The topological polar surface area (TPSA) is 119 Å². The van der Waals surface area contributed by atoms with E-state index in [-0.39, 0.29) is 23.6 Å². The van der Waals surface area contributed by atoms with Crippen molar-refractivity contribution in [2.75, 3.05) is 27.4 Å². The summed E-state index contributed by atoms with van der Waals surface area (Å²) in [4.78, 5) is 37.7. The Morgan fingerprint density at radius 3 is 2.41 bits per heavy atom. The molecule has 1 aliphatic rings. The molecule has 0 bridgehead atoms. The zero-order chi connectivity index (χ0) is 23.4. The number of aryl methyl sites for hydroxylation is 1. The van der Waals surface area contributed by atoms with E-state index >= 15 is 0 Å². The second-order valence-corrected chi connectivity index (χ2v) is 7.37. The lowest BCUT2D eigenvalue weighted by Gasteiger charge is -2.25. The van der Waals surface area contributed by atoms with E-state index in [1.165, 1.54) is 43.4 Å². The first-order valence-electron chi connectivity index (χ1n) is 9.96. The minimum Gasteiger partial charge on any atom is -0.507 e. The van der Waals surface area contributed by atoms with Crippen molar-refractivity contribution in [2.24, 2.45) is 0 Å². The molecule has 168 valence electrons. The fourth-order valence-electron chi connectivity index (χ4n) is 3.80. The molecular formula is C23H24N2O7. The second kappa shape index (κ2) is 9.61. The van der Waals surface area contributed by atoms with E-state index < -0.39 is 22.7 Å². The van der Waals surface area contributed by atoms with E-state index in [1.807, 2.05) is 0 Å². The third-order valence-electron chi connectivity index (χ3n) is 5.38. The van der Waals surface area contributed by atoms with Crippen LogP contribution >= 0.6 is 0 Å². The summed E-state index contributed by atoms with van der Waals surface area (Å²) >= 11 is 0. The number of Topliss-reactive ketones (excluding diaryl/α,β-unsaturated/α-hetero) is 1. The summed E-state index contributed by atoms with van der Waals surface area (Å²) in [7, 11) is 3.07. The third kappa shape index (κ3) is 4.33. The van der Waals surface area contributed by atoms with Crippen molar-refractivity contribution >= 4 is 23.1 Å². The van der Waals surface area contributed by atoms with Crippen molar-refractivity contribution in [2.45, 2.75) is 19.4 Å². The monoisotopic (exact) mass is 440 g/mol. The largest absolute Gasteiger partial charge is 0.507 e. The molecule has 2 aromatic carbocycles. The number of ketones is 1. The molecule has 0 saturated carbocycles. The molecule has 3 rings (SSSR count). The number of benzene rings is 2. The first-order chi connectivity index (χ1) is 15.3. The van der Waals surface area contributed by atoms with Crippen molar-refractivity contribution in [1.29, 1.82) is 0 Å². The SMILES string of the molecule is COCCCN1C(=O)C(=O)C(=C(O)c2ccc(OC)c(C)c2)[C@H]1c1ccc([N+](=O)[O-])cc1. The van der Waals surface area contributed by atoms with Crippen molar-refractivity contribution in [3.8, 4) is 5.75 Å². The summed E-state index contributed by atoms with van der Waals surface area (Å²) in [5, 5.41) is 22.1. The lowest BCUT2D eigenvalue weighted by atomic mass is 9.94. The number of nitro benzene ring substituents is 1. The number of carbonyl (C=O) groups is 2. The Bertz CT molecular complexity index is 1080. The maximum absolute atomic E-state index is 13.0. The second-order valence-electron chi connectivity index (χ2n) is 7.37. The van der Waals surface area contributed by atoms with Crippen LogP contribution < -0.4 is 4.74 Å². The molecule has 2 aromatic rings. The molecular weight excluding hydrogens is 416 g/mol. The number of amides is 1. The standard InChI is InChI=1S/C23H24N2O7/c1-14-13-16(7-10-18(14)32-3)21(26)19-20(15-5-8-17(9-6-15)25(29)30)24(11-4-12-31-2)23(28)22(19)27/h5-10,13,20,26H,4,11-12H2,1-3H3/t20-/m1/s1. The molecule has 1 heterocycles. The van der Waals surface area contributed by atoms with E-state index in [1.54, 1.807) is 25.1 Å². The van der Waals surface area contributed by atoms with Crippen molar-refractivity contribution in [3.63, 3.8) is 0 Å². The lowest BCUT2D eigenvalue weighted by molar-refractivity contribution is -0.384. The van der Waals surface area contributed by atoms with Gasteiger partial charge in [-0.25, -0.2) is 0 Å². The van der Waals surface area contributed by atoms with E-state index in [0.717, 1.165) is 5.56 Å². The van der Waals surface area contributed by atoms with Gasteiger partial charge in [-0.3, -0.25) is 19.7 Å². The summed E-state index contributed by atoms with van der Waals surface area (Å²) in [6.45, 7) is 2.40. The Labute approximate surface area is 185 Å². The molecule has 1 atom stereocenters. The molecule has 9 heteroatoms. The number of aliphatic hydroxyl groups is 1. The fraction of sp³-hybridized carbons (Fsp3) is 0.304. The number of hydrogen-bond acceptors (Lipinski definition) is 7. The van der Waals surface area contributed by atoms with E-state index in [9.17, 15) is 24.8 Å². The van der Waals surface area contributed by atoms with Crippen LogP contribution in [0.25, 0.3) is 5.76 Å². The van der Waals surface area contributed by atoms with Crippen LogP contribution in [0.5, 0.6) is 5.75 Å². The zero-order valence-electron chi connectivity index (χ0n) is 18.0. The van der Waals surface area contributed by atoms with Gasteiger partial charge in [-0.1, -0.05) is 0 Å². The first-order valence-corrected chi connectivity index (χ1v) is 9.96. The smallest absolute Gasteiger partial charge is 0.295 e. The van der Waals surface area contributed by atoms with Gasteiger partial charge < -0.3 is 19.5 Å². The fourth-order valence-corrected chi connectivity index (χ4v) is 3.80. The average molecular weight is 440 g/mol. The highest BCUT2D eigenvalue weighted by Gasteiger charge is 2.45. The van der Waals surface area contributed by atoms with Gasteiger partial charge in [0.1, 0.15) is 11.5 Å². The molecule has 0 radical (unpaired) electrons. The maximum atomic E-state index is 13.0. The highest BCUT2D eigenvalue weighted by Crippen LogP contribution is 2.40. The summed E-state index contributed by atoms with van der Waals surface area (Å²) in [6, 6.07) is 9.65. The quantitative estimate of drug-likeness (QED) is 0.167. The number of hydrogen-bond donors (Lipinski definition) is 1. The average Bonchev–Trinajstić information content (AvgIpc) is 3.03. The Morgan fingerprint density at radius 2 is 1.84 bits per heavy atom. The Hall–Kier alpha value is -3.72. The third-order valence-corrected chi connectivity index (χ3v) is 5.38. The van der Waals surface area contributed by atoms with Crippen molar-refractivity contribution < 1.29 is 29.1 Å². The maximum Gasteiger partial charge on any atom is 0.295 e. The van der Waals surface area contributed by atoms with Crippen LogP contribution in [0.3, 0.4) is 0 Å². The van der Waals surface area contributed by atoms with Gasteiger partial charge in [-0.2, -0.15) is 0 Å². The predicted octanol–water partition coefficient (Wildman–Crippen LogP) is 3.37. The number of non-ortho nitro benzene ring substituents is 1. The number of carbonyl (C=O) groups excluding carboxylic acids is 2. The van der Waals surface area contributed by atoms with Gasteiger partial charge in [0.05, 0.1) is 23.6 Å². The van der Waals surface area contributed by atoms with E-state index in [2.05, 4.69) is 0 Å². The summed E-state index contributed by atoms with van der Waals surface area (Å²) in [5.74, 6) is -1.24. The van der Waals surface area contributed by atoms with Gasteiger partial charge in [0.2, 0.25) is 0 Å². The Balaban J connectivity index is 2.13. The summed E-state index contributed by atoms with van der Waals surface area (Å²) < 4.78 is 10.3. The molecule has 1 saturated heterocycles. The van der Waals surface area contributed by atoms with Crippen LogP contribution in [-0.2, 0) is 14.3 Å². The molecule has 0 aliphatic carbocycles.